The molecule has 0 saturated carbocycles. The normalized spacial score (nSPS) is 10.8. The third-order valence-corrected chi connectivity index (χ3v) is 2.69. The molecular weight excluding hydrogens is 323 g/mol. The van der Waals surface area contributed by atoms with E-state index in [1.807, 2.05) is 25.9 Å². The van der Waals surface area contributed by atoms with E-state index < -0.39 is 0 Å². The van der Waals surface area contributed by atoms with Crippen LogP contribution in [0.25, 0.3) is 0 Å². The molecule has 0 aliphatic rings. The molecule has 0 atom stereocenters. The Hall–Kier alpha value is -0.370. The molecular formula is C9H17IN4S. The van der Waals surface area contributed by atoms with E-state index in [9.17, 15) is 0 Å². The van der Waals surface area contributed by atoms with Crippen molar-refractivity contribution in [2.45, 2.75) is 13.5 Å². The van der Waals surface area contributed by atoms with Crippen molar-refractivity contribution in [1.82, 2.24) is 15.2 Å². The molecule has 0 aliphatic heterocycles. The summed E-state index contributed by atoms with van der Waals surface area (Å²) in [7, 11) is 5.63. The molecule has 0 bridgehead atoms. The fraction of sp³-hybridized carbons (Fsp3) is 0.556. The van der Waals surface area contributed by atoms with E-state index in [1.165, 1.54) is 0 Å². The van der Waals surface area contributed by atoms with E-state index in [4.69, 9.17) is 0 Å². The molecule has 0 aromatic carbocycles. The standard InChI is InChI=1S/C9H16N4S.HI/c1-7-12-8(6-14-7)5-13(4)9(10-2)11-3;/h6H,5H2,1-4H3,(H,10,11);1H. The van der Waals surface area contributed by atoms with Gasteiger partial charge in [0.2, 0.25) is 0 Å². The molecule has 0 saturated heterocycles. The van der Waals surface area contributed by atoms with Crippen molar-refractivity contribution in [3.05, 3.63) is 16.1 Å². The highest BCUT2D eigenvalue weighted by atomic mass is 127. The van der Waals surface area contributed by atoms with Gasteiger partial charge in [-0.05, 0) is 6.92 Å². The first-order valence-corrected chi connectivity index (χ1v) is 5.32. The molecule has 0 fully saturated rings. The number of aromatic nitrogens is 1. The highest BCUT2D eigenvalue weighted by Crippen LogP contribution is 2.09. The van der Waals surface area contributed by atoms with Gasteiger partial charge in [0.05, 0.1) is 17.2 Å². The third kappa shape index (κ3) is 4.33. The number of guanidine groups is 1. The Morgan fingerprint density at radius 1 is 1.67 bits per heavy atom. The number of rotatable bonds is 2. The van der Waals surface area contributed by atoms with Gasteiger partial charge in [0, 0.05) is 26.5 Å². The summed E-state index contributed by atoms with van der Waals surface area (Å²) >= 11 is 1.68. The van der Waals surface area contributed by atoms with Gasteiger partial charge >= 0.3 is 0 Å². The molecule has 15 heavy (non-hydrogen) atoms. The van der Waals surface area contributed by atoms with Crippen LogP contribution < -0.4 is 5.32 Å². The zero-order valence-corrected chi connectivity index (χ0v) is 12.6. The molecule has 1 rings (SSSR count). The van der Waals surface area contributed by atoms with Crippen LogP contribution in [-0.4, -0.2) is 37.0 Å². The monoisotopic (exact) mass is 340 g/mol. The molecule has 1 N–H and O–H groups in total. The Bertz CT molecular complexity index is 324. The lowest BCUT2D eigenvalue weighted by molar-refractivity contribution is 0.477. The maximum absolute atomic E-state index is 4.40. The highest BCUT2D eigenvalue weighted by molar-refractivity contribution is 14.0. The third-order valence-electron chi connectivity index (χ3n) is 1.86. The summed E-state index contributed by atoms with van der Waals surface area (Å²) in [5.41, 5.74) is 1.09. The fourth-order valence-corrected chi connectivity index (χ4v) is 1.88. The van der Waals surface area contributed by atoms with E-state index in [-0.39, 0.29) is 24.0 Å². The summed E-state index contributed by atoms with van der Waals surface area (Å²) in [6, 6.07) is 0. The first-order chi connectivity index (χ1) is 6.67. The molecule has 1 heterocycles. The highest BCUT2D eigenvalue weighted by Gasteiger charge is 2.06. The van der Waals surface area contributed by atoms with E-state index >= 15 is 0 Å². The maximum atomic E-state index is 4.40. The fourth-order valence-electron chi connectivity index (χ4n) is 1.27. The van der Waals surface area contributed by atoms with Gasteiger partial charge in [-0.1, -0.05) is 0 Å². The molecule has 4 nitrogen and oxygen atoms in total. The van der Waals surface area contributed by atoms with Crippen molar-refractivity contribution in [3.63, 3.8) is 0 Å². The second-order valence-corrected chi connectivity index (χ2v) is 4.07. The Balaban J connectivity index is 0.00000196. The van der Waals surface area contributed by atoms with Crippen LogP contribution in [0, 0.1) is 6.92 Å². The Labute approximate surface area is 112 Å². The molecule has 1 aromatic heterocycles. The molecule has 6 heteroatoms. The quantitative estimate of drug-likeness (QED) is 0.506. The van der Waals surface area contributed by atoms with Gasteiger partial charge in [-0.25, -0.2) is 4.98 Å². The summed E-state index contributed by atoms with van der Waals surface area (Å²) in [4.78, 5) is 10.5. The van der Waals surface area contributed by atoms with Crippen molar-refractivity contribution < 1.29 is 0 Å². The lowest BCUT2D eigenvalue weighted by Gasteiger charge is -2.18. The second-order valence-electron chi connectivity index (χ2n) is 3.01. The van der Waals surface area contributed by atoms with E-state index in [0.29, 0.717) is 0 Å². The van der Waals surface area contributed by atoms with Crippen molar-refractivity contribution in [2.24, 2.45) is 4.99 Å². The molecule has 1 aromatic rings. The second kappa shape index (κ2) is 7.00. The van der Waals surface area contributed by atoms with E-state index in [0.717, 1.165) is 23.2 Å². The summed E-state index contributed by atoms with van der Waals surface area (Å²) in [5.74, 6) is 0.871. The molecule has 0 radical (unpaired) electrons. The summed E-state index contributed by atoms with van der Waals surface area (Å²) in [5, 5.41) is 6.21. The van der Waals surface area contributed by atoms with Crippen LogP contribution in [0.1, 0.15) is 10.7 Å². The first kappa shape index (κ1) is 14.6. The van der Waals surface area contributed by atoms with Gasteiger partial charge in [-0.3, -0.25) is 4.99 Å². The SMILES string of the molecule is CN=C(NC)N(C)Cc1csc(C)n1.I. The number of thiazole rings is 1. The number of nitrogens with one attached hydrogen (secondary N) is 1. The van der Waals surface area contributed by atoms with Crippen molar-refractivity contribution >= 4 is 41.3 Å². The zero-order valence-electron chi connectivity index (χ0n) is 9.44. The van der Waals surface area contributed by atoms with E-state index in [1.54, 1.807) is 18.4 Å². The zero-order chi connectivity index (χ0) is 10.6. The Morgan fingerprint density at radius 3 is 2.73 bits per heavy atom. The predicted octanol–water partition coefficient (Wildman–Crippen LogP) is 1.71. The van der Waals surface area contributed by atoms with E-state index in [2.05, 4.69) is 20.7 Å². The van der Waals surface area contributed by atoms with Crippen LogP contribution >= 0.6 is 35.3 Å². The van der Waals surface area contributed by atoms with Gasteiger partial charge in [0.1, 0.15) is 0 Å². The number of hydrogen-bond acceptors (Lipinski definition) is 3. The summed E-state index contributed by atoms with van der Waals surface area (Å²) in [6.07, 6.45) is 0. The van der Waals surface area contributed by atoms with Crippen molar-refractivity contribution in [1.29, 1.82) is 0 Å². The van der Waals surface area contributed by atoms with Crippen LogP contribution in [-0.2, 0) is 6.54 Å². The lowest BCUT2D eigenvalue weighted by atomic mass is 10.4. The smallest absolute Gasteiger partial charge is 0.193 e. The van der Waals surface area contributed by atoms with Crippen LogP contribution in [0.2, 0.25) is 0 Å². The predicted molar refractivity (Wildman–Crippen MR) is 76.2 cm³/mol. The molecule has 0 amide bonds. The molecule has 0 aliphatic carbocycles. The largest absolute Gasteiger partial charge is 0.359 e. The van der Waals surface area contributed by atoms with Crippen LogP contribution in [0.4, 0.5) is 0 Å². The number of aryl methyl sites for hydroxylation is 1. The van der Waals surface area contributed by atoms with Crippen LogP contribution in [0.5, 0.6) is 0 Å². The van der Waals surface area contributed by atoms with Gasteiger partial charge in [-0.15, -0.1) is 35.3 Å². The summed E-state index contributed by atoms with van der Waals surface area (Å²) in [6.45, 7) is 2.80. The minimum atomic E-state index is 0. The van der Waals surface area contributed by atoms with Crippen molar-refractivity contribution in [3.8, 4) is 0 Å². The molecule has 86 valence electrons. The Morgan fingerprint density at radius 2 is 2.33 bits per heavy atom. The van der Waals surface area contributed by atoms with Crippen molar-refractivity contribution in [2.75, 3.05) is 21.1 Å². The van der Waals surface area contributed by atoms with Crippen LogP contribution in [0.3, 0.4) is 0 Å². The maximum Gasteiger partial charge on any atom is 0.193 e. The molecule has 0 spiro atoms. The van der Waals surface area contributed by atoms with Gasteiger partial charge in [-0.2, -0.15) is 0 Å². The van der Waals surface area contributed by atoms with Crippen LogP contribution in [0.15, 0.2) is 10.4 Å². The average Bonchev–Trinajstić information content (AvgIpc) is 2.53. The average molecular weight is 340 g/mol. The first-order valence-electron chi connectivity index (χ1n) is 4.44. The lowest BCUT2D eigenvalue weighted by Crippen LogP contribution is -2.36. The van der Waals surface area contributed by atoms with Gasteiger partial charge in [0.15, 0.2) is 5.96 Å². The minimum absolute atomic E-state index is 0. The Kier molecular flexibility index (Phi) is 6.82. The van der Waals surface area contributed by atoms with Gasteiger partial charge < -0.3 is 10.2 Å². The summed E-state index contributed by atoms with van der Waals surface area (Å²) < 4.78 is 0. The molecule has 0 unspecified atom stereocenters. The number of halogens is 1. The number of aliphatic imine (C=N–C) groups is 1. The minimum Gasteiger partial charge on any atom is -0.359 e. The topological polar surface area (TPSA) is 40.5 Å². The van der Waals surface area contributed by atoms with Gasteiger partial charge in [0.25, 0.3) is 0 Å². The number of hydrogen-bond donors (Lipinski definition) is 1. The number of nitrogens with zero attached hydrogens (tertiary/aromatic N) is 3.